The number of aryl methyl sites for hydroxylation is 1. The number of fused-ring (bicyclic) bond motifs is 1. The molecule has 1 aliphatic heterocycles. The molecule has 5 rings (SSSR count). The minimum Gasteiger partial charge on any atom is -0.426 e. The summed E-state index contributed by atoms with van der Waals surface area (Å²) < 4.78 is 6.48. The van der Waals surface area contributed by atoms with Crippen molar-refractivity contribution in [2.75, 3.05) is 22.9 Å². The number of anilines is 3. The number of cyclic esters (lactones) is 1. The van der Waals surface area contributed by atoms with Crippen LogP contribution in [-0.4, -0.2) is 19.1 Å². The number of benzene rings is 4. The van der Waals surface area contributed by atoms with Gasteiger partial charge in [0.1, 0.15) is 0 Å². The van der Waals surface area contributed by atoms with Gasteiger partial charge in [-0.05, 0) is 68.8 Å². The first-order valence-electron chi connectivity index (χ1n) is 12.2. The van der Waals surface area contributed by atoms with Crippen LogP contribution in [0.25, 0.3) is 0 Å². The molecule has 176 valence electrons. The topological polar surface area (TPSA) is 32.8 Å². The summed E-state index contributed by atoms with van der Waals surface area (Å²) in [4.78, 5) is 17.8. The van der Waals surface area contributed by atoms with E-state index in [0.29, 0.717) is 5.56 Å². The first-order valence-corrected chi connectivity index (χ1v) is 12.2. The zero-order valence-corrected chi connectivity index (χ0v) is 20.4. The van der Waals surface area contributed by atoms with E-state index in [4.69, 9.17) is 4.74 Å². The highest BCUT2D eigenvalue weighted by atomic mass is 16.6. The zero-order valence-electron chi connectivity index (χ0n) is 20.4. The van der Waals surface area contributed by atoms with E-state index in [0.717, 1.165) is 46.8 Å². The van der Waals surface area contributed by atoms with Crippen molar-refractivity contribution < 1.29 is 9.53 Å². The van der Waals surface area contributed by atoms with Crippen molar-refractivity contribution in [3.63, 3.8) is 0 Å². The van der Waals surface area contributed by atoms with E-state index in [-0.39, 0.29) is 5.97 Å². The van der Waals surface area contributed by atoms with E-state index in [9.17, 15) is 4.79 Å². The number of hydrogen-bond acceptors (Lipinski definition) is 4. The fourth-order valence-electron chi connectivity index (χ4n) is 5.17. The van der Waals surface area contributed by atoms with Gasteiger partial charge in [-0.25, -0.2) is 4.79 Å². The molecule has 35 heavy (non-hydrogen) atoms. The second kappa shape index (κ2) is 9.30. The largest absolute Gasteiger partial charge is 0.426 e. The Morgan fingerprint density at radius 3 is 1.83 bits per heavy atom. The van der Waals surface area contributed by atoms with Crippen LogP contribution in [0.2, 0.25) is 0 Å². The minimum atomic E-state index is -1.15. The Bertz CT molecular complexity index is 1290. The van der Waals surface area contributed by atoms with Crippen molar-refractivity contribution in [2.24, 2.45) is 0 Å². The molecule has 1 unspecified atom stereocenters. The van der Waals surface area contributed by atoms with Crippen LogP contribution < -0.4 is 9.80 Å². The lowest BCUT2D eigenvalue weighted by atomic mass is 9.87. The van der Waals surface area contributed by atoms with Gasteiger partial charge in [0.15, 0.2) is 0 Å². The lowest BCUT2D eigenvalue weighted by Crippen LogP contribution is -2.45. The Labute approximate surface area is 207 Å². The number of para-hydroxylation sites is 2. The SMILES string of the molecule is CCN(CC)c1ccc(C2(N(c3ccccc3)c3ccccc3)OC(=O)c3ccccc32)c(C)c1. The highest BCUT2D eigenvalue weighted by Gasteiger charge is 2.53. The first-order chi connectivity index (χ1) is 17.1. The third-order valence-corrected chi connectivity index (χ3v) is 6.80. The third kappa shape index (κ3) is 3.75. The summed E-state index contributed by atoms with van der Waals surface area (Å²) in [6.07, 6.45) is 0. The summed E-state index contributed by atoms with van der Waals surface area (Å²) in [7, 11) is 0. The molecule has 0 saturated carbocycles. The maximum absolute atomic E-state index is 13.3. The molecule has 0 spiro atoms. The molecule has 4 aromatic rings. The number of esters is 1. The fraction of sp³-hybridized carbons (Fsp3) is 0.194. The number of nitrogens with zero attached hydrogens (tertiary/aromatic N) is 2. The van der Waals surface area contributed by atoms with Gasteiger partial charge in [-0.2, -0.15) is 0 Å². The molecule has 1 atom stereocenters. The third-order valence-electron chi connectivity index (χ3n) is 6.80. The molecule has 0 saturated heterocycles. The molecule has 0 radical (unpaired) electrons. The van der Waals surface area contributed by atoms with E-state index in [1.807, 2.05) is 60.7 Å². The summed E-state index contributed by atoms with van der Waals surface area (Å²) in [5.74, 6) is -0.315. The summed E-state index contributed by atoms with van der Waals surface area (Å²) in [6.45, 7) is 8.29. The van der Waals surface area contributed by atoms with Crippen molar-refractivity contribution in [1.82, 2.24) is 0 Å². The standard InChI is InChI=1S/C31H30N2O2/c1-4-32(5-2)26-20-21-28(23(3)22-26)31(29-19-13-12-18-27(29)30(34)35-31)33(24-14-8-6-9-15-24)25-16-10-7-11-17-25/h6-22H,4-5H2,1-3H3. The summed E-state index contributed by atoms with van der Waals surface area (Å²) >= 11 is 0. The Balaban J connectivity index is 1.83. The molecule has 4 nitrogen and oxygen atoms in total. The first kappa shape index (κ1) is 22.7. The fourth-order valence-corrected chi connectivity index (χ4v) is 5.17. The predicted molar refractivity (Wildman–Crippen MR) is 142 cm³/mol. The molecule has 0 bridgehead atoms. The van der Waals surface area contributed by atoms with E-state index in [1.165, 1.54) is 0 Å². The Hall–Kier alpha value is -4.05. The molecule has 1 aliphatic rings. The molecule has 0 aromatic heterocycles. The van der Waals surface area contributed by atoms with Gasteiger partial charge in [-0.1, -0.05) is 60.7 Å². The van der Waals surface area contributed by atoms with E-state index in [1.54, 1.807) is 0 Å². The molecule has 4 heteroatoms. The molecular weight excluding hydrogens is 432 g/mol. The van der Waals surface area contributed by atoms with Gasteiger partial charge >= 0.3 is 5.97 Å². The number of carbonyl (C=O) groups is 1. The maximum atomic E-state index is 13.3. The van der Waals surface area contributed by atoms with Crippen molar-refractivity contribution in [1.29, 1.82) is 0 Å². The van der Waals surface area contributed by atoms with E-state index >= 15 is 0 Å². The molecule has 4 aromatic carbocycles. The zero-order chi connectivity index (χ0) is 24.4. The van der Waals surface area contributed by atoms with Crippen LogP contribution in [0.1, 0.15) is 40.9 Å². The molecular formula is C31H30N2O2. The maximum Gasteiger partial charge on any atom is 0.341 e. The predicted octanol–water partition coefficient (Wildman–Crippen LogP) is 7.05. The molecule has 1 heterocycles. The van der Waals surface area contributed by atoms with E-state index < -0.39 is 5.72 Å². The van der Waals surface area contributed by atoms with Gasteiger partial charge in [0.2, 0.25) is 5.72 Å². The summed E-state index contributed by atoms with van der Waals surface area (Å²) in [5, 5.41) is 0. The van der Waals surface area contributed by atoms with Crippen molar-refractivity contribution in [3.05, 3.63) is 125 Å². The van der Waals surface area contributed by atoms with Crippen LogP contribution >= 0.6 is 0 Å². The van der Waals surface area contributed by atoms with Crippen molar-refractivity contribution in [2.45, 2.75) is 26.5 Å². The van der Waals surface area contributed by atoms with Crippen molar-refractivity contribution in [3.8, 4) is 0 Å². The van der Waals surface area contributed by atoms with Gasteiger partial charge in [0, 0.05) is 41.3 Å². The van der Waals surface area contributed by atoms with Crippen LogP contribution in [-0.2, 0) is 10.5 Å². The second-order valence-electron chi connectivity index (χ2n) is 8.76. The normalized spacial score (nSPS) is 16.5. The lowest BCUT2D eigenvalue weighted by Gasteiger charge is -2.43. The van der Waals surface area contributed by atoms with Crippen LogP contribution in [0.3, 0.4) is 0 Å². The van der Waals surface area contributed by atoms with Crippen LogP contribution in [0.4, 0.5) is 17.1 Å². The van der Waals surface area contributed by atoms with Gasteiger partial charge in [-0.15, -0.1) is 0 Å². The number of ether oxygens (including phenoxy) is 1. The Morgan fingerprint density at radius 2 is 1.26 bits per heavy atom. The van der Waals surface area contributed by atoms with Gasteiger partial charge in [0.05, 0.1) is 5.56 Å². The van der Waals surface area contributed by atoms with Crippen LogP contribution in [0.15, 0.2) is 103 Å². The van der Waals surface area contributed by atoms with Crippen LogP contribution in [0, 0.1) is 6.92 Å². The molecule has 0 fully saturated rings. The van der Waals surface area contributed by atoms with Gasteiger partial charge in [-0.3, -0.25) is 4.90 Å². The minimum absolute atomic E-state index is 0.315. The number of hydrogen-bond donors (Lipinski definition) is 0. The average molecular weight is 463 g/mol. The smallest absolute Gasteiger partial charge is 0.341 e. The summed E-state index contributed by atoms with van der Waals surface area (Å²) in [5.41, 5.74) is 5.34. The lowest BCUT2D eigenvalue weighted by molar-refractivity contribution is 0.0132. The summed E-state index contributed by atoms with van der Waals surface area (Å²) in [6, 6.07) is 34.5. The van der Waals surface area contributed by atoms with Gasteiger partial charge < -0.3 is 9.64 Å². The highest BCUT2D eigenvalue weighted by molar-refractivity contribution is 5.97. The average Bonchev–Trinajstić information content (AvgIpc) is 3.19. The highest BCUT2D eigenvalue weighted by Crippen LogP contribution is 2.51. The second-order valence-corrected chi connectivity index (χ2v) is 8.76. The van der Waals surface area contributed by atoms with E-state index in [2.05, 4.69) is 73.0 Å². The number of rotatable bonds is 7. The molecule has 0 N–H and O–H groups in total. The Morgan fingerprint density at radius 1 is 0.686 bits per heavy atom. The van der Waals surface area contributed by atoms with Crippen molar-refractivity contribution >= 4 is 23.0 Å². The Kier molecular flexibility index (Phi) is 6.04. The van der Waals surface area contributed by atoms with Gasteiger partial charge in [0.25, 0.3) is 0 Å². The van der Waals surface area contributed by atoms with Crippen LogP contribution in [0.5, 0.6) is 0 Å². The molecule has 0 aliphatic carbocycles. The molecule has 0 amide bonds. The number of carbonyl (C=O) groups excluding carboxylic acids is 1. The monoisotopic (exact) mass is 462 g/mol. The quantitative estimate of drug-likeness (QED) is 0.276.